The molecule has 2 aromatic heterocycles. The van der Waals surface area contributed by atoms with Crippen LogP contribution in [0.4, 0.5) is 8.78 Å². The second-order valence-electron chi connectivity index (χ2n) is 6.99. The summed E-state index contributed by atoms with van der Waals surface area (Å²) in [6.45, 7) is -0.242. The van der Waals surface area contributed by atoms with Gasteiger partial charge in [0.05, 0.1) is 30.0 Å². The molecule has 0 unspecified atom stereocenters. The number of hydrogen-bond acceptors (Lipinski definition) is 3. The van der Waals surface area contributed by atoms with Gasteiger partial charge in [-0.25, -0.2) is 13.8 Å². The SMILES string of the molecule is O=c1cnc2ccncc2n1Cc1c(F)cc(-c2ccc3c(c2)C=CC3)cc1F. The normalized spacial score (nSPS) is 12.5. The number of hydrogen-bond donors (Lipinski definition) is 0. The lowest BCUT2D eigenvalue weighted by molar-refractivity contribution is 0.545. The van der Waals surface area contributed by atoms with E-state index in [0.717, 1.165) is 23.7 Å². The first-order valence-corrected chi connectivity index (χ1v) is 9.17. The summed E-state index contributed by atoms with van der Waals surface area (Å²) in [6, 6.07) is 10.0. The second-order valence-corrected chi connectivity index (χ2v) is 6.99. The Morgan fingerprint density at radius 1 is 1.00 bits per heavy atom. The Bertz CT molecular complexity index is 1340. The van der Waals surface area contributed by atoms with Crippen LogP contribution in [-0.4, -0.2) is 14.5 Å². The lowest BCUT2D eigenvalue weighted by Gasteiger charge is -2.12. The van der Waals surface area contributed by atoms with Gasteiger partial charge in [0.1, 0.15) is 11.6 Å². The van der Waals surface area contributed by atoms with Crippen molar-refractivity contribution in [3.05, 3.63) is 99.7 Å². The third-order valence-corrected chi connectivity index (χ3v) is 5.22. The zero-order valence-corrected chi connectivity index (χ0v) is 15.3. The highest BCUT2D eigenvalue weighted by Gasteiger charge is 2.16. The number of halogens is 2. The summed E-state index contributed by atoms with van der Waals surface area (Å²) in [5.74, 6) is -1.39. The van der Waals surface area contributed by atoms with E-state index in [0.29, 0.717) is 16.6 Å². The lowest BCUT2D eigenvalue weighted by Crippen LogP contribution is -2.22. The zero-order chi connectivity index (χ0) is 20.0. The van der Waals surface area contributed by atoms with Crippen LogP contribution in [0.2, 0.25) is 0 Å². The van der Waals surface area contributed by atoms with E-state index in [9.17, 15) is 13.6 Å². The quantitative estimate of drug-likeness (QED) is 0.525. The fourth-order valence-electron chi connectivity index (χ4n) is 3.68. The number of benzene rings is 2. The van der Waals surface area contributed by atoms with Gasteiger partial charge < -0.3 is 0 Å². The third-order valence-electron chi connectivity index (χ3n) is 5.22. The van der Waals surface area contributed by atoms with Crippen LogP contribution in [0.5, 0.6) is 0 Å². The van der Waals surface area contributed by atoms with E-state index in [2.05, 4.69) is 16.0 Å². The average molecular weight is 387 g/mol. The van der Waals surface area contributed by atoms with Crippen LogP contribution in [0.1, 0.15) is 16.7 Å². The maximum absolute atomic E-state index is 14.9. The van der Waals surface area contributed by atoms with Crippen molar-refractivity contribution in [3.63, 3.8) is 0 Å². The molecule has 0 saturated heterocycles. The largest absolute Gasteiger partial charge is 0.299 e. The molecule has 4 nitrogen and oxygen atoms in total. The van der Waals surface area contributed by atoms with Crippen LogP contribution >= 0.6 is 0 Å². The molecule has 2 aromatic carbocycles. The van der Waals surface area contributed by atoms with Crippen LogP contribution in [0.3, 0.4) is 0 Å². The van der Waals surface area contributed by atoms with Crippen molar-refractivity contribution in [2.75, 3.05) is 0 Å². The predicted molar refractivity (Wildman–Crippen MR) is 107 cm³/mol. The maximum atomic E-state index is 14.9. The van der Waals surface area contributed by atoms with Crippen LogP contribution in [0.15, 0.2) is 65.9 Å². The molecule has 2 heterocycles. The molecule has 0 bridgehead atoms. The Hall–Kier alpha value is -3.67. The molecule has 0 radical (unpaired) electrons. The molecule has 0 spiro atoms. The number of nitrogens with zero attached hydrogens (tertiary/aromatic N) is 3. The highest BCUT2D eigenvalue weighted by atomic mass is 19.1. The molecule has 0 saturated carbocycles. The number of rotatable bonds is 3. The highest BCUT2D eigenvalue weighted by molar-refractivity contribution is 5.73. The van der Waals surface area contributed by atoms with E-state index >= 15 is 0 Å². The first-order chi connectivity index (χ1) is 14.1. The van der Waals surface area contributed by atoms with Gasteiger partial charge in [-0.1, -0.05) is 24.3 Å². The Kier molecular flexibility index (Phi) is 4.05. The van der Waals surface area contributed by atoms with E-state index in [-0.39, 0.29) is 12.1 Å². The van der Waals surface area contributed by atoms with Gasteiger partial charge in [-0.05, 0) is 52.9 Å². The molecule has 0 atom stereocenters. The van der Waals surface area contributed by atoms with Crippen LogP contribution in [0.25, 0.3) is 28.2 Å². The van der Waals surface area contributed by atoms with Crippen molar-refractivity contribution in [2.45, 2.75) is 13.0 Å². The van der Waals surface area contributed by atoms with Gasteiger partial charge >= 0.3 is 0 Å². The highest BCUT2D eigenvalue weighted by Crippen LogP contribution is 2.29. The van der Waals surface area contributed by atoms with Gasteiger partial charge in [0, 0.05) is 11.8 Å². The van der Waals surface area contributed by atoms with Crippen LogP contribution < -0.4 is 5.56 Å². The average Bonchev–Trinajstić information content (AvgIpc) is 3.19. The molecule has 0 fully saturated rings. The molecule has 1 aliphatic rings. The maximum Gasteiger partial charge on any atom is 0.269 e. The number of pyridine rings is 1. The summed E-state index contributed by atoms with van der Waals surface area (Å²) in [5, 5.41) is 0. The molecule has 5 rings (SSSR count). The smallest absolute Gasteiger partial charge is 0.269 e. The summed E-state index contributed by atoms with van der Waals surface area (Å²) in [4.78, 5) is 20.3. The molecule has 6 heteroatoms. The predicted octanol–water partition coefficient (Wildman–Crippen LogP) is 4.35. The van der Waals surface area contributed by atoms with Crippen molar-refractivity contribution in [3.8, 4) is 11.1 Å². The molecule has 142 valence electrons. The molecule has 0 aliphatic heterocycles. The van der Waals surface area contributed by atoms with Gasteiger partial charge in [-0.15, -0.1) is 0 Å². The first kappa shape index (κ1) is 17.4. The minimum Gasteiger partial charge on any atom is -0.299 e. The van der Waals surface area contributed by atoms with Gasteiger partial charge in [0.25, 0.3) is 5.56 Å². The topological polar surface area (TPSA) is 47.8 Å². The van der Waals surface area contributed by atoms with Crippen molar-refractivity contribution in [1.29, 1.82) is 0 Å². The lowest BCUT2D eigenvalue weighted by atomic mass is 9.99. The van der Waals surface area contributed by atoms with E-state index in [1.165, 1.54) is 28.5 Å². The van der Waals surface area contributed by atoms with Crippen LogP contribution in [-0.2, 0) is 13.0 Å². The molecule has 1 aliphatic carbocycles. The van der Waals surface area contributed by atoms with Gasteiger partial charge in [-0.2, -0.15) is 0 Å². The zero-order valence-electron chi connectivity index (χ0n) is 15.3. The Morgan fingerprint density at radius 3 is 2.66 bits per heavy atom. The summed E-state index contributed by atoms with van der Waals surface area (Å²) in [6.07, 6.45) is 9.10. The number of fused-ring (bicyclic) bond motifs is 2. The number of allylic oxidation sites excluding steroid dienone is 1. The van der Waals surface area contributed by atoms with Gasteiger partial charge in [0.15, 0.2) is 0 Å². The van der Waals surface area contributed by atoms with Crippen LogP contribution in [0, 0.1) is 11.6 Å². The fourth-order valence-corrected chi connectivity index (χ4v) is 3.68. The van der Waals surface area contributed by atoms with E-state index < -0.39 is 17.2 Å². The van der Waals surface area contributed by atoms with Crippen molar-refractivity contribution in [1.82, 2.24) is 14.5 Å². The Morgan fingerprint density at radius 2 is 1.83 bits per heavy atom. The van der Waals surface area contributed by atoms with Gasteiger partial charge in [0.2, 0.25) is 0 Å². The van der Waals surface area contributed by atoms with E-state index in [4.69, 9.17) is 0 Å². The minimum atomic E-state index is -0.697. The first-order valence-electron chi connectivity index (χ1n) is 9.17. The summed E-state index contributed by atoms with van der Waals surface area (Å²) >= 11 is 0. The van der Waals surface area contributed by atoms with Crippen molar-refractivity contribution < 1.29 is 8.78 Å². The van der Waals surface area contributed by atoms with Crippen molar-refractivity contribution in [2.24, 2.45) is 0 Å². The number of aromatic nitrogens is 3. The molecule has 4 aromatic rings. The second kappa shape index (κ2) is 6.74. The Balaban J connectivity index is 1.57. The minimum absolute atomic E-state index is 0.173. The molecule has 0 N–H and O–H groups in total. The molecule has 29 heavy (non-hydrogen) atoms. The molecular weight excluding hydrogens is 372 g/mol. The van der Waals surface area contributed by atoms with E-state index in [1.54, 1.807) is 12.3 Å². The monoisotopic (exact) mass is 387 g/mol. The Labute approximate surface area is 164 Å². The van der Waals surface area contributed by atoms with Gasteiger partial charge in [-0.3, -0.25) is 14.3 Å². The van der Waals surface area contributed by atoms with E-state index in [1.807, 2.05) is 24.3 Å². The summed E-state index contributed by atoms with van der Waals surface area (Å²) < 4.78 is 31.0. The summed E-state index contributed by atoms with van der Waals surface area (Å²) in [7, 11) is 0. The standard InChI is InChI=1S/C23H15F2N3O/c24-19-9-17(16-5-4-14-2-1-3-15(14)8-16)10-20(25)18(19)13-28-22-11-26-7-6-21(22)27-12-23(28)29/h1,3-12H,2,13H2. The summed E-state index contributed by atoms with van der Waals surface area (Å²) in [5.41, 5.74) is 3.80. The fraction of sp³-hybridized carbons (Fsp3) is 0.0870. The molecule has 0 amide bonds. The molecular formula is C23H15F2N3O. The van der Waals surface area contributed by atoms with Crippen molar-refractivity contribution >= 4 is 17.1 Å². The third kappa shape index (κ3) is 3.02.